The van der Waals surface area contributed by atoms with Crippen molar-refractivity contribution in [2.45, 2.75) is 59.3 Å². The van der Waals surface area contributed by atoms with Crippen molar-refractivity contribution in [3.05, 3.63) is 325 Å². The van der Waals surface area contributed by atoms with E-state index in [9.17, 15) is 0 Å². The molecule has 2 atom stereocenters. The minimum Gasteiger partial charge on any atom is -0.454 e. The molecule has 0 bridgehead atoms. The molecule has 2 aliphatic carbocycles. The summed E-state index contributed by atoms with van der Waals surface area (Å²) in [5, 5.41) is 9.02. The van der Waals surface area contributed by atoms with Gasteiger partial charge in [-0.05, 0) is 133 Å². The minimum atomic E-state index is -0.817. The topological polar surface area (TPSA) is 32.8 Å². The largest absolute Gasteiger partial charge is 0.454 e. The maximum absolute atomic E-state index is 7.19. The Morgan fingerprint density at radius 2 is 0.611 bits per heavy atom. The maximum atomic E-state index is 7.19. The van der Waals surface area contributed by atoms with Gasteiger partial charge in [-0.25, -0.2) is 0 Å². The lowest BCUT2D eigenvalue weighted by atomic mass is 9.39. The molecule has 4 nitrogen and oxygen atoms in total. The number of furan rings is 2. The molecule has 0 amide bonds. The Balaban J connectivity index is 1.01. The number of benzene rings is 14. The first-order valence-electron chi connectivity index (χ1n) is 33.4. The Kier molecular flexibility index (Phi) is 12.4. The van der Waals surface area contributed by atoms with Crippen molar-refractivity contribution >= 4 is 99.5 Å². The van der Waals surface area contributed by atoms with E-state index in [0.29, 0.717) is 0 Å². The second kappa shape index (κ2) is 20.9. The van der Waals surface area contributed by atoms with Crippen molar-refractivity contribution in [2.24, 2.45) is 10.8 Å². The average Bonchev–Trinajstić information content (AvgIpc) is 1.49. The molecular formula is C91H70N2O2. The lowest BCUT2D eigenvalue weighted by Gasteiger charge is -2.62. The summed E-state index contributed by atoms with van der Waals surface area (Å²) in [5.74, 6) is 0. The van der Waals surface area contributed by atoms with Crippen LogP contribution >= 0.6 is 0 Å². The molecule has 2 heterocycles. The molecule has 2 unspecified atom stereocenters. The quantitative estimate of drug-likeness (QED) is 0.144. The Hall–Kier alpha value is -11.2. The fourth-order valence-electron chi connectivity index (χ4n) is 18.0. The SMILES string of the molecule is Cc1cccc(-c2ccccc2N(c2cc3c(c4ccccc24)-c2ccccc2C3(C(C)(C)C)C2(C(C)(C)C)c3ccccc3-c3c2cc(N(c2ccccc2-c2ccccc2)c2cccc4c2oc2ccccc24)c2ccccc32)c2cccc3c2oc2ccccc23)c1. The smallest absolute Gasteiger partial charge is 0.159 e. The number of hydrogen-bond acceptors (Lipinski definition) is 4. The Morgan fingerprint density at radius 3 is 1.07 bits per heavy atom. The Labute approximate surface area is 554 Å². The summed E-state index contributed by atoms with van der Waals surface area (Å²) in [6, 6.07) is 111. The molecule has 0 aliphatic heterocycles. The number of rotatable bonds is 9. The molecule has 0 radical (unpaired) electrons. The van der Waals surface area contributed by atoms with E-state index in [1.165, 1.54) is 60.8 Å². The molecule has 4 heteroatoms. The van der Waals surface area contributed by atoms with Gasteiger partial charge < -0.3 is 18.6 Å². The van der Waals surface area contributed by atoms with Crippen LogP contribution in [-0.4, -0.2) is 0 Å². The number of anilines is 6. The molecule has 95 heavy (non-hydrogen) atoms. The number of para-hydroxylation sites is 6. The highest BCUT2D eigenvalue weighted by molar-refractivity contribution is 6.18. The number of fused-ring (bicyclic) bond motifs is 16. The van der Waals surface area contributed by atoms with Gasteiger partial charge in [0.15, 0.2) is 11.2 Å². The Bertz CT molecular complexity index is 5810. The maximum Gasteiger partial charge on any atom is 0.159 e. The van der Waals surface area contributed by atoms with Gasteiger partial charge in [-0.3, -0.25) is 0 Å². The fourth-order valence-corrected chi connectivity index (χ4v) is 18.0. The number of aryl methyl sites for hydroxylation is 1. The zero-order valence-corrected chi connectivity index (χ0v) is 54.5. The molecule has 0 N–H and O–H groups in total. The minimum absolute atomic E-state index is 0.509. The highest BCUT2D eigenvalue weighted by Gasteiger charge is 2.71. The lowest BCUT2D eigenvalue weighted by Crippen LogP contribution is -2.62. The third kappa shape index (κ3) is 7.89. The third-order valence-corrected chi connectivity index (χ3v) is 21.3. The first-order chi connectivity index (χ1) is 46.4. The van der Waals surface area contributed by atoms with Crippen LogP contribution in [0.3, 0.4) is 0 Å². The van der Waals surface area contributed by atoms with Gasteiger partial charge in [0.25, 0.3) is 0 Å². The molecule has 18 rings (SSSR count). The van der Waals surface area contributed by atoms with Crippen molar-refractivity contribution in [3.63, 3.8) is 0 Å². The summed E-state index contributed by atoms with van der Waals surface area (Å²) in [6.45, 7) is 17.4. The lowest BCUT2D eigenvalue weighted by molar-refractivity contribution is 0.0595. The molecule has 2 aliphatic rings. The van der Waals surface area contributed by atoms with Crippen LogP contribution in [0.2, 0.25) is 0 Å². The monoisotopic (exact) mass is 1220 g/mol. The van der Waals surface area contributed by atoms with Crippen LogP contribution in [0, 0.1) is 17.8 Å². The summed E-state index contributed by atoms with van der Waals surface area (Å²) in [7, 11) is 0. The molecule has 0 fully saturated rings. The molecule has 14 aromatic carbocycles. The van der Waals surface area contributed by atoms with Crippen LogP contribution in [0.5, 0.6) is 0 Å². The van der Waals surface area contributed by atoms with Crippen LogP contribution in [0.25, 0.3) is 110 Å². The Morgan fingerprint density at radius 1 is 0.263 bits per heavy atom. The first-order valence-corrected chi connectivity index (χ1v) is 33.4. The van der Waals surface area contributed by atoms with E-state index in [1.54, 1.807) is 0 Å². The second-order valence-electron chi connectivity index (χ2n) is 28.3. The third-order valence-electron chi connectivity index (χ3n) is 21.3. The van der Waals surface area contributed by atoms with Gasteiger partial charge in [0.1, 0.15) is 11.2 Å². The summed E-state index contributed by atoms with van der Waals surface area (Å²) < 4.78 is 14.4. The summed E-state index contributed by atoms with van der Waals surface area (Å²) >= 11 is 0. The van der Waals surface area contributed by atoms with Gasteiger partial charge in [0.2, 0.25) is 0 Å². The van der Waals surface area contributed by atoms with Gasteiger partial charge in [-0.1, -0.05) is 296 Å². The number of hydrogen-bond donors (Lipinski definition) is 0. The van der Waals surface area contributed by atoms with Crippen LogP contribution < -0.4 is 9.80 Å². The predicted octanol–water partition coefficient (Wildman–Crippen LogP) is 25.7. The van der Waals surface area contributed by atoms with Gasteiger partial charge in [0.05, 0.1) is 34.1 Å². The van der Waals surface area contributed by atoms with Crippen molar-refractivity contribution in [1.82, 2.24) is 0 Å². The molecule has 16 aromatic rings. The molecule has 0 saturated carbocycles. The van der Waals surface area contributed by atoms with Crippen LogP contribution in [0.1, 0.15) is 69.4 Å². The van der Waals surface area contributed by atoms with E-state index in [2.05, 4.69) is 356 Å². The zero-order valence-electron chi connectivity index (χ0n) is 54.5. The standard InChI is InChI=1S/C91H70N2O2/c1-57-30-27-33-59(54-57)61-35-18-24-49-77(61)93(79-51-29-45-69-65-39-20-26-53-83(65)95-87(69)79)81-56-75-85(67-41-14-12-37-63(67)81)71-43-16-22-47-73(71)91(75,89(5,6)7)90(88(2,3)4)72-46-21-15-42-70(72)84-66-40-13-11-36-62(66)80(55-74(84)90)92(76-48-23-17-34-60(76)58-31-9-8-10-32-58)78-50-28-44-68-64-38-19-25-52-82(64)94-86(68)78/h8-56H,1-7H3. The van der Waals surface area contributed by atoms with E-state index in [4.69, 9.17) is 8.83 Å². The number of nitrogens with zero attached hydrogens (tertiary/aromatic N) is 2. The normalized spacial score (nSPS) is 15.8. The fraction of sp³-hybridized carbons (Fsp3) is 0.121. The van der Waals surface area contributed by atoms with Gasteiger partial charge in [-0.15, -0.1) is 0 Å². The van der Waals surface area contributed by atoms with Gasteiger partial charge in [0, 0.05) is 54.3 Å². The van der Waals surface area contributed by atoms with Crippen molar-refractivity contribution < 1.29 is 8.83 Å². The molecule has 2 aromatic heterocycles. The van der Waals surface area contributed by atoms with E-state index in [-0.39, 0.29) is 0 Å². The van der Waals surface area contributed by atoms with Crippen LogP contribution in [-0.2, 0) is 10.8 Å². The van der Waals surface area contributed by atoms with Gasteiger partial charge in [-0.2, -0.15) is 0 Å². The van der Waals surface area contributed by atoms with Crippen LogP contribution in [0.4, 0.5) is 34.1 Å². The first kappa shape index (κ1) is 56.5. The van der Waals surface area contributed by atoms with E-state index >= 15 is 0 Å². The molecule has 0 spiro atoms. The molecular weight excluding hydrogens is 1150 g/mol. The predicted molar refractivity (Wildman–Crippen MR) is 399 cm³/mol. The average molecular weight is 1220 g/mol. The van der Waals surface area contributed by atoms with Crippen molar-refractivity contribution in [2.75, 3.05) is 9.80 Å². The van der Waals surface area contributed by atoms with E-state index in [0.717, 1.165) is 111 Å². The van der Waals surface area contributed by atoms with Gasteiger partial charge >= 0.3 is 0 Å². The summed E-state index contributed by atoms with van der Waals surface area (Å²) in [4.78, 5) is 5.09. The summed E-state index contributed by atoms with van der Waals surface area (Å²) in [5.41, 5.74) is 22.9. The summed E-state index contributed by atoms with van der Waals surface area (Å²) in [6.07, 6.45) is 0. The highest BCUT2D eigenvalue weighted by atomic mass is 16.3. The molecule has 456 valence electrons. The zero-order chi connectivity index (χ0) is 64.1. The van der Waals surface area contributed by atoms with E-state index < -0.39 is 21.7 Å². The van der Waals surface area contributed by atoms with Crippen LogP contribution in [0.15, 0.2) is 306 Å². The van der Waals surface area contributed by atoms with E-state index in [1.807, 2.05) is 0 Å². The second-order valence-corrected chi connectivity index (χ2v) is 28.3. The highest BCUT2D eigenvalue weighted by Crippen LogP contribution is 2.76. The van der Waals surface area contributed by atoms with Crippen molar-refractivity contribution in [3.8, 4) is 44.5 Å². The van der Waals surface area contributed by atoms with Crippen molar-refractivity contribution in [1.29, 1.82) is 0 Å². The molecule has 0 saturated heterocycles.